The lowest BCUT2D eigenvalue weighted by molar-refractivity contribution is -0.0602. The van der Waals surface area contributed by atoms with Crippen molar-refractivity contribution < 1.29 is 0 Å². The van der Waals surface area contributed by atoms with Gasteiger partial charge >= 0.3 is 0 Å². The second-order valence-electron chi connectivity index (χ2n) is 8.13. The van der Waals surface area contributed by atoms with Crippen LogP contribution in [0.3, 0.4) is 0 Å². The quantitative estimate of drug-likeness (QED) is 0.759. The average molecular weight is 304 g/mol. The van der Waals surface area contributed by atoms with Crippen molar-refractivity contribution in [3.63, 3.8) is 0 Å². The molecule has 0 amide bonds. The van der Waals surface area contributed by atoms with Crippen molar-refractivity contribution in [2.45, 2.75) is 58.4 Å². The highest BCUT2D eigenvalue weighted by Crippen LogP contribution is 2.61. The molecule has 0 radical (unpaired) electrons. The summed E-state index contributed by atoms with van der Waals surface area (Å²) in [5.41, 5.74) is 2.93. The van der Waals surface area contributed by atoms with Crippen molar-refractivity contribution in [2.24, 2.45) is 23.2 Å². The number of nitrogens with one attached hydrogen (secondary N) is 1. The number of halogens is 1. The predicted octanol–water partition coefficient (Wildman–Crippen LogP) is 5.67. The van der Waals surface area contributed by atoms with Crippen LogP contribution in [0, 0.1) is 30.1 Å². The van der Waals surface area contributed by atoms with Crippen molar-refractivity contribution in [1.82, 2.24) is 0 Å². The highest BCUT2D eigenvalue weighted by molar-refractivity contribution is 6.33. The van der Waals surface area contributed by atoms with E-state index in [0.29, 0.717) is 11.5 Å². The maximum Gasteiger partial charge on any atom is 0.0637 e. The summed E-state index contributed by atoms with van der Waals surface area (Å²) in [5.74, 6) is 3.02. The lowest BCUT2D eigenvalue weighted by Crippen LogP contribution is -2.52. The molecular weight excluding hydrogens is 278 g/mol. The number of hydrogen-bond donors (Lipinski definition) is 1. The van der Waals surface area contributed by atoms with E-state index in [0.717, 1.165) is 28.5 Å². The Labute approximate surface area is 133 Å². The normalized spacial score (nSPS) is 38.5. The van der Waals surface area contributed by atoms with Crippen molar-refractivity contribution in [3.05, 3.63) is 28.8 Å². The summed E-state index contributed by atoms with van der Waals surface area (Å²) in [5, 5.41) is 4.63. The molecule has 1 aromatic rings. The van der Waals surface area contributed by atoms with Gasteiger partial charge in [0.05, 0.1) is 10.7 Å². The van der Waals surface area contributed by atoms with Gasteiger partial charge in [0.2, 0.25) is 0 Å². The number of anilines is 1. The molecule has 4 fully saturated rings. The molecule has 2 heteroatoms. The Balaban J connectivity index is 1.57. The Morgan fingerprint density at radius 3 is 2.24 bits per heavy atom. The van der Waals surface area contributed by atoms with Crippen molar-refractivity contribution in [2.75, 3.05) is 5.32 Å². The first kappa shape index (κ1) is 13.9. The standard InChI is InChI=1S/C19H26ClN/c1-12-3-4-17(20)18(5-12)21-13(2)19-9-14-6-15(10-19)8-16(7-14)11-19/h3-5,13-16,21H,6-11H2,1-2H3. The minimum Gasteiger partial charge on any atom is -0.381 e. The zero-order chi connectivity index (χ0) is 14.6. The molecule has 0 spiro atoms. The molecule has 1 N–H and O–H groups in total. The van der Waals surface area contributed by atoms with Crippen LogP contribution >= 0.6 is 11.6 Å². The SMILES string of the molecule is Cc1ccc(Cl)c(NC(C)C23CC4CC(CC(C4)C2)C3)c1. The van der Waals surface area contributed by atoms with Crippen molar-refractivity contribution in [3.8, 4) is 0 Å². The van der Waals surface area contributed by atoms with Crippen molar-refractivity contribution >= 4 is 17.3 Å². The van der Waals surface area contributed by atoms with Gasteiger partial charge in [-0.3, -0.25) is 0 Å². The largest absolute Gasteiger partial charge is 0.381 e. The zero-order valence-electron chi connectivity index (χ0n) is 13.2. The van der Waals surface area contributed by atoms with E-state index in [9.17, 15) is 0 Å². The molecule has 1 atom stereocenters. The number of rotatable bonds is 3. The molecule has 1 aromatic carbocycles. The van der Waals surface area contributed by atoms with E-state index in [1.165, 1.54) is 44.1 Å². The van der Waals surface area contributed by atoms with E-state index in [4.69, 9.17) is 11.6 Å². The molecule has 4 aliphatic carbocycles. The van der Waals surface area contributed by atoms with Crippen LogP contribution in [0.25, 0.3) is 0 Å². The van der Waals surface area contributed by atoms with Gasteiger partial charge in [-0.15, -0.1) is 0 Å². The summed E-state index contributed by atoms with van der Waals surface area (Å²) >= 11 is 6.39. The lowest BCUT2D eigenvalue weighted by atomic mass is 9.48. The van der Waals surface area contributed by atoms with Crippen LogP contribution in [0.15, 0.2) is 18.2 Å². The maximum absolute atomic E-state index is 6.39. The minimum atomic E-state index is 0.530. The van der Waals surface area contributed by atoms with Crippen LogP contribution in [0.4, 0.5) is 5.69 Å². The lowest BCUT2D eigenvalue weighted by Gasteiger charge is -2.59. The van der Waals surface area contributed by atoms with Gasteiger partial charge in [0.25, 0.3) is 0 Å². The minimum absolute atomic E-state index is 0.530. The first-order valence-electron chi connectivity index (χ1n) is 8.57. The van der Waals surface area contributed by atoms with E-state index in [1.807, 2.05) is 6.07 Å². The topological polar surface area (TPSA) is 12.0 Å². The van der Waals surface area contributed by atoms with Gasteiger partial charge in [0.1, 0.15) is 0 Å². The number of aryl methyl sites for hydroxylation is 1. The van der Waals surface area contributed by atoms with Crippen LogP contribution in [0.5, 0.6) is 0 Å². The molecule has 0 aliphatic heterocycles. The third-order valence-corrected chi connectivity index (χ3v) is 6.83. The van der Waals surface area contributed by atoms with Gasteiger partial charge < -0.3 is 5.32 Å². The molecule has 4 bridgehead atoms. The third-order valence-electron chi connectivity index (χ3n) is 6.50. The molecule has 5 rings (SSSR count). The van der Waals surface area contributed by atoms with E-state index >= 15 is 0 Å². The molecule has 4 saturated carbocycles. The van der Waals surface area contributed by atoms with Gasteiger partial charge in [-0.05, 0) is 93.2 Å². The second kappa shape index (κ2) is 4.91. The van der Waals surface area contributed by atoms with Crippen LogP contribution in [0.2, 0.25) is 5.02 Å². The second-order valence-corrected chi connectivity index (χ2v) is 8.54. The van der Waals surface area contributed by atoms with E-state index in [2.05, 4.69) is 31.3 Å². The van der Waals surface area contributed by atoms with E-state index in [1.54, 1.807) is 0 Å². The number of hydrogen-bond acceptors (Lipinski definition) is 1. The Morgan fingerprint density at radius 2 is 1.67 bits per heavy atom. The predicted molar refractivity (Wildman–Crippen MR) is 89.9 cm³/mol. The Bertz CT molecular complexity index is 515. The molecule has 114 valence electrons. The smallest absolute Gasteiger partial charge is 0.0637 e. The first-order chi connectivity index (χ1) is 10.0. The van der Waals surface area contributed by atoms with Gasteiger partial charge in [0.15, 0.2) is 0 Å². The maximum atomic E-state index is 6.39. The van der Waals surface area contributed by atoms with Crippen LogP contribution < -0.4 is 5.32 Å². The molecule has 1 unspecified atom stereocenters. The monoisotopic (exact) mass is 303 g/mol. The highest BCUT2D eigenvalue weighted by Gasteiger charge is 2.53. The van der Waals surface area contributed by atoms with Crippen LogP contribution in [-0.4, -0.2) is 6.04 Å². The molecule has 21 heavy (non-hydrogen) atoms. The zero-order valence-corrected chi connectivity index (χ0v) is 13.9. The number of benzene rings is 1. The van der Waals surface area contributed by atoms with Gasteiger partial charge in [-0.25, -0.2) is 0 Å². The fourth-order valence-electron chi connectivity index (χ4n) is 5.84. The fourth-order valence-corrected chi connectivity index (χ4v) is 6.02. The van der Waals surface area contributed by atoms with Gasteiger partial charge in [-0.1, -0.05) is 17.7 Å². The van der Waals surface area contributed by atoms with Gasteiger partial charge in [0, 0.05) is 6.04 Å². The molecule has 0 aromatic heterocycles. The summed E-state index contributed by atoms with van der Waals surface area (Å²) in [7, 11) is 0. The molecular formula is C19H26ClN. The molecule has 0 saturated heterocycles. The fraction of sp³-hybridized carbons (Fsp3) is 0.684. The van der Waals surface area contributed by atoms with Crippen LogP contribution in [0.1, 0.15) is 51.0 Å². The van der Waals surface area contributed by atoms with Crippen molar-refractivity contribution in [1.29, 1.82) is 0 Å². The molecule has 0 heterocycles. The van der Waals surface area contributed by atoms with Crippen LogP contribution in [-0.2, 0) is 0 Å². The summed E-state index contributed by atoms with van der Waals surface area (Å²) < 4.78 is 0. The Hall–Kier alpha value is -0.690. The Morgan fingerprint density at radius 1 is 1.10 bits per heavy atom. The van der Waals surface area contributed by atoms with E-state index < -0.39 is 0 Å². The summed E-state index contributed by atoms with van der Waals surface area (Å²) in [6.45, 7) is 4.53. The Kier molecular flexibility index (Phi) is 3.26. The first-order valence-corrected chi connectivity index (χ1v) is 8.94. The summed E-state index contributed by atoms with van der Waals surface area (Å²) in [4.78, 5) is 0. The summed E-state index contributed by atoms with van der Waals surface area (Å²) in [6, 6.07) is 6.83. The molecule has 1 nitrogen and oxygen atoms in total. The third kappa shape index (κ3) is 2.38. The van der Waals surface area contributed by atoms with E-state index in [-0.39, 0.29) is 0 Å². The van der Waals surface area contributed by atoms with Gasteiger partial charge in [-0.2, -0.15) is 0 Å². The average Bonchev–Trinajstić information content (AvgIpc) is 2.41. The molecule has 4 aliphatic rings. The summed E-state index contributed by atoms with van der Waals surface area (Å²) in [6.07, 6.45) is 8.86. The highest BCUT2D eigenvalue weighted by atomic mass is 35.5.